The van der Waals surface area contributed by atoms with Gasteiger partial charge in [-0.2, -0.15) is 0 Å². The predicted octanol–water partition coefficient (Wildman–Crippen LogP) is 3.18. The molecule has 1 aromatic rings. The summed E-state index contributed by atoms with van der Waals surface area (Å²) in [6, 6.07) is 6.06. The maximum Gasteiger partial charge on any atom is 0.137 e. The minimum atomic E-state index is 0.182. The zero-order valence-electron chi connectivity index (χ0n) is 11.1. The van der Waals surface area contributed by atoms with E-state index in [9.17, 15) is 0 Å². The Hall–Kier alpha value is -0.770. The number of likely N-dealkylation sites (N-methyl/N-ethyl adjacent to an activating group) is 1. The Morgan fingerprint density at radius 1 is 1.44 bits per heavy atom. The van der Waals surface area contributed by atoms with Crippen LogP contribution in [0.2, 0.25) is 5.02 Å². The third kappa shape index (κ3) is 2.79. The van der Waals surface area contributed by atoms with Crippen LogP contribution in [0.3, 0.4) is 0 Å². The summed E-state index contributed by atoms with van der Waals surface area (Å²) >= 11 is 6.05. The molecule has 0 spiro atoms. The van der Waals surface area contributed by atoms with Crippen molar-refractivity contribution in [2.45, 2.75) is 38.0 Å². The van der Waals surface area contributed by atoms with Crippen LogP contribution in [-0.2, 0) is 4.74 Å². The van der Waals surface area contributed by atoms with Crippen LogP contribution < -0.4 is 10.1 Å². The van der Waals surface area contributed by atoms with Crippen molar-refractivity contribution in [3.8, 4) is 5.75 Å². The fraction of sp³-hybridized carbons (Fsp3) is 0.571. The highest BCUT2D eigenvalue weighted by atomic mass is 35.5. The predicted molar refractivity (Wildman–Crippen MR) is 73.4 cm³/mol. The second-order valence-electron chi connectivity index (χ2n) is 4.72. The highest BCUT2D eigenvalue weighted by Gasteiger charge is 2.30. The molecule has 0 radical (unpaired) electrons. The number of methoxy groups -OCH3 is 1. The zero-order valence-corrected chi connectivity index (χ0v) is 11.8. The molecular weight excluding hydrogens is 250 g/mol. The van der Waals surface area contributed by atoms with Crippen molar-refractivity contribution in [2.24, 2.45) is 0 Å². The molecule has 1 N–H and O–H groups in total. The average Bonchev–Trinajstić information content (AvgIpc) is 2.79. The van der Waals surface area contributed by atoms with Crippen LogP contribution in [0.25, 0.3) is 0 Å². The largest absolute Gasteiger partial charge is 0.495 e. The highest BCUT2D eigenvalue weighted by Crippen LogP contribution is 2.33. The summed E-state index contributed by atoms with van der Waals surface area (Å²) in [6.07, 6.45) is 2.77. The summed E-state index contributed by atoms with van der Waals surface area (Å²) in [6.45, 7) is 2.12. The van der Waals surface area contributed by atoms with E-state index in [2.05, 4.69) is 12.2 Å². The lowest BCUT2D eigenvalue weighted by Gasteiger charge is -2.24. The van der Waals surface area contributed by atoms with Crippen LogP contribution >= 0.6 is 11.6 Å². The van der Waals surface area contributed by atoms with Crippen molar-refractivity contribution >= 4 is 11.6 Å². The number of hydrogen-bond acceptors (Lipinski definition) is 3. The molecule has 0 aliphatic carbocycles. The van der Waals surface area contributed by atoms with E-state index in [0.717, 1.165) is 18.4 Å². The number of benzene rings is 1. The quantitative estimate of drug-likeness (QED) is 0.911. The van der Waals surface area contributed by atoms with Gasteiger partial charge in [-0.15, -0.1) is 0 Å². The Balaban J connectivity index is 2.22. The van der Waals surface area contributed by atoms with E-state index >= 15 is 0 Å². The lowest BCUT2D eigenvalue weighted by atomic mass is 9.99. The van der Waals surface area contributed by atoms with Crippen LogP contribution in [0.1, 0.15) is 31.4 Å². The third-order valence-electron chi connectivity index (χ3n) is 3.48. The monoisotopic (exact) mass is 269 g/mol. The number of halogens is 1. The second kappa shape index (κ2) is 5.91. The molecule has 3 unspecified atom stereocenters. The zero-order chi connectivity index (χ0) is 13.1. The lowest BCUT2D eigenvalue weighted by molar-refractivity contribution is 0.0333. The standard InChI is InChI=1S/C14H20ClNO2/c1-9-4-7-12(18-9)14(16-2)10-5-6-11(15)13(8-10)17-3/h5-6,8-9,12,14,16H,4,7H2,1-3H3. The molecular formula is C14H20ClNO2. The molecule has 1 aliphatic rings. The summed E-state index contributed by atoms with van der Waals surface area (Å²) in [7, 11) is 3.59. The van der Waals surface area contributed by atoms with Crippen molar-refractivity contribution in [2.75, 3.05) is 14.2 Å². The first kappa shape index (κ1) is 13.7. The second-order valence-corrected chi connectivity index (χ2v) is 5.13. The first-order chi connectivity index (χ1) is 8.65. The Morgan fingerprint density at radius 3 is 2.78 bits per heavy atom. The topological polar surface area (TPSA) is 30.5 Å². The number of rotatable bonds is 4. The summed E-state index contributed by atoms with van der Waals surface area (Å²) in [5.74, 6) is 0.709. The number of nitrogens with one attached hydrogen (secondary N) is 1. The van der Waals surface area contributed by atoms with Gasteiger partial charge in [-0.3, -0.25) is 0 Å². The Kier molecular flexibility index (Phi) is 4.49. The van der Waals surface area contributed by atoms with E-state index in [1.54, 1.807) is 7.11 Å². The van der Waals surface area contributed by atoms with Crippen LogP contribution in [0.4, 0.5) is 0 Å². The van der Waals surface area contributed by atoms with Gasteiger partial charge in [-0.05, 0) is 44.5 Å². The van der Waals surface area contributed by atoms with Gasteiger partial charge < -0.3 is 14.8 Å². The van der Waals surface area contributed by atoms with Gasteiger partial charge >= 0.3 is 0 Å². The summed E-state index contributed by atoms with van der Waals surface area (Å²) in [5.41, 5.74) is 1.15. The highest BCUT2D eigenvalue weighted by molar-refractivity contribution is 6.32. The molecule has 0 saturated carbocycles. The van der Waals surface area contributed by atoms with E-state index in [0.29, 0.717) is 16.9 Å². The Bertz CT molecular complexity index is 411. The van der Waals surface area contributed by atoms with Crippen LogP contribution in [0, 0.1) is 0 Å². The molecule has 1 aromatic carbocycles. The maximum atomic E-state index is 6.05. The van der Waals surface area contributed by atoms with E-state index in [1.807, 2.05) is 25.2 Å². The van der Waals surface area contributed by atoms with Crippen LogP contribution in [-0.4, -0.2) is 26.4 Å². The normalized spacial score (nSPS) is 25.1. The number of hydrogen-bond donors (Lipinski definition) is 1. The molecule has 0 aromatic heterocycles. The van der Waals surface area contributed by atoms with Gasteiger partial charge in [0.05, 0.1) is 30.4 Å². The minimum Gasteiger partial charge on any atom is -0.495 e. The average molecular weight is 270 g/mol. The lowest BCUT2D eigenvalue weighted by Crippen LogP contribution is -2.29. The summed E-state index contributed by atoms with van der Waals surface area (Å²) < 4.78 is 11.2. The van der Waals surface area contributed by atoms with Crippen molar-refractivity contribution in [1.29, 1.82) is 0 Å². The molecule has 1 saturated heterocycles. The molecule has 1 fully saturated rings. The summed E-state index contributed by atoms with van der Waals surface area (Å²) in [5, 5.41) is 3.96. The molecule has 3 nitrogen and oxygen atoms in total. The van der Waals surface area contributed by atoms with E-state index in [-0.39, 0.29) is 12.1 Å². The first-order valence-electron chi connectivity index (χ1n) is 6.32. The van der Waals surface area contributed by atoms with Crippen molar-refractivity contribution in [3.63, 3.8) is 0 Å². The van der Waals surface area contributed by atoms with E-state index in [1.165, 1.54) is 0 Å². The van der Waals surface area contributed by atoms with Gasteiger partial charge in [-0.25, -0.2) is 0 Å². The van der Waals surface area contributed by atoms with Crippen molar-refractivity contribution < 1.29 is 9.47 Å². The first-order valence-corrected chi connectivity index (χ1v) is 6.69. The van der Waals surface area contributed by atoms with Crippen LogP contribution in [0.15, 0.2) is 18.2 Å². The Labute approximate surface area is 113 Å². The third-order valence-corrected chi connectivity index (χ3v) is 3.79. The van der Waals surface area contributed by atoms with E-state index in [4.69, 9.17) is 21.1 Å². The molecule has 1 aliphatic heterocycles. The van der Waals surface area contributed by atoms with Crippen LogP contribution in [0.5, 0.6) is 5.75 Å². The minimum absolute atomic E-state index is 0.182. The molecule has 18 heavy (non-hydrogen) atoms. The fourth-order valence-electron chi connectivity index (χ4n) is 2.52. The van der Waals surface area contributed by atoms with Gasteiger partial charge in [0.15, 0.2) is 0 Å². The Morgan fingerprint density at radius 2 is 2.22 bits per heavy atom. The van der Waals surface area contributed by atoms with Gasteiger partial charge in [0, 0.05) is 0 Å². The van der Waals surface area contributed by atoms with Gasteiger partial charge in [0.25, 0.3) is 0 Å². The molecule has 3 atom stereocenters. The number of ether oxygens (including phenoxy) is 2. The molecule has 1 heterocycles. The molecule has 0 bridgehead atoms. The van der Waals surface area contributed by atoms with Crippen molar-refractivity contribution in [1.82, 2.24) is 5.32 Å². The SMILES string of the molecule is CNC(c1ccc(Cl)c(OC)c1)C1CCC(C)O1. The fourth-order valence-corrected chi connectivity index (χ4v) is 2.71. The molecule has 0 amide bonds. The maximum absolute atomic E-state index is 6.05. The van der Waals surface area contributed by atoms with Gasteiger partial charge in [-0.1, -0.05) is 17.7 Å². The van der Waals surface area contributed by atoms with Gasteiger partial charge in [0.1, 0.15) is 5.75 Å². The molecule has 100 valence electrons. The molecule has 4 heteroatoms. The van der Waals surface area contributed by atoms with E-state index < -0.39 is 0 Å². The summed E-state index contributed by atoms with van der Waals surface area (Å²) in [4.78, 5) is 0. The van der Waals surface area contributed by atoms with Gasteiger partial charge in [0.2, 0.25) is 0 Å². The smallest absolute Gasteiger partial charge is 0.137 e. The molecule has 2 rings (SSSR count). The van der Waals surface area contributed by atoms with Crippen molar-refractivity contribution in [3.05, 3.63) is 28.8 Å².